The van der Waals surface area contributed by atoms with E-state index in [1.807, 2.05) is 0 Å². The largest absolute Gasteiger partial charge is 0.357 e. The van der Waals surface area contributed by atoms with E-state index in [9.17, 15) is 9.59 Å². The van der Waals surface area contributed by atoms with E-state index in [1.165, 1.54) is 17.3 Å². The van der Waals surface area contributed by atoms with E-state index in [0.29, 0.717) is 19.6 Å². The molecule has 0 spiro atoms. The molecule has 1 aliphatic rings. The molecule has 2 heterocycles. The normalized spacial score (nSPS) is 20.9. The molecular weight excluding hydrogens is 248 g/mol. The van der Waals surface area contributed by atoms with Crippen LogP contribution in [0.25, 0.3) is 0 Å². The Morgan fingerprint density at radius 1 is 1.53 bits per heavy atom. The van der Waals surface area contributed by atoms with Crippen LogP contribution in [0.2, 0.25) is 0 Å². The van der Waals surface area contributed by atoms with Gasteiger partial charge in [0.2, 0.25) is 11.8 Å². The van der Waals surface area contributed by atoms with Crippen LogP contribution in [0.3, 0.4) is 0 Å². The zero-order valence-corrected chi connectivity index (χ0v) is 11.0. The van der Waals surface area contributed by atoms with Gasteiger partial charge in [-0.15, -0.1) is 0 Å². The van der Waals surface area contributed by atoms with Crippen molar-refractivity contribution < 1.29 is 9.59 Å². The predicted octanol–water partition coefficient (Wildman–Crippen LogP) is -1.61. The van der Waals surface area contributed by atoms with Gasteiger partial charge in [0.25, 0.3) is 0 Å². The maximum Gasteiger partial charge on any atom is 0.247 e. The number of carbonyl (C=O) groups excluding carboxylic acids is 2. The molecule has 1 fully saturated rings. The third-order valence-electron chi connectivity index (χ3n) is 3.27. The molecule has 0 bridgehead atoms. The van der Waals surface area contributed by atoms with Crippen molar-refractivity contribution in [2.75, 3.05) is 26.7 Å². The summed E-state index contributed by atoms with van der Waals surface area (Å²) in [6.45, 7) is 3.41. The van der Waals surface area contributed by atoms with Crippen LogP contribution in [0.15, 0.2) is 12.7 Å². The van der Waals surface area contributed by atoms with Gasteiger partial charge in [-0.2, -0.15) is 5.10 Å². The Morgan fingerprint density at radius 2 is 2.32 bits per heavy atom. The number of amides is 2. The summed E-state index contributed by atoms with van der Waals surface area (Å²) < 4.78 is 1.49. The second-order valence-corrected chi connectivity index (χ2v) is 4.42. The molecule has 2 N–H and O–H groups in total. The molecule has 8 heteroatoms. The van der Waals surface area contributed by atoms with Crippen molar-refractivity contribution in [3.05, 3.63) is 12.7 Å². The van der Waals surface area contributed by atoms with Gasteiger partial charge in [0.1, 0.15) is 24.7 Å². The second kappa shape index (κ2) is 5.79. The summed E-state index contributed by atoms with van der Waals surface area (Å²) in [7, 11) is 1.57. The van der Waals surface area contributed by atoms with Gasteiger partial charge in [-0.25, -0.2) is 9.67 Å². The van der Waals surface area contributed by atoms with E-state index in [-0.39, 0.29) is 11.8 Å². The first-order valence-corrected chi connectivity index (χ1v) is 6.22. The number of nitrogens with one attached hydrogen (secondary N) is 2. The Balaban J connectivity index is 2.13. The minimum atomic E-state index is -0.475. The maximum absolute atomic E-state index is 12.5. The van der Waals surface area contributed by atoms with Crippen molar-refractivity contribution in [1.29, 1.82) is 0 Å². The zero-order valence-electron chi connectivity index (χ0n) is 11.0. The molecule has 0 radical (unpaired) electrons. The lowest BCUT2D eigenvalue weighted by Crippen LogP contribution is -2.60. The van der Waals surface area contributed by atoms with Crippen LogP contribution in [0.4, 0.5) is 0 Å². The Kier molecular flexibility index (Phi) is 4.10. The Bertz CT molecular complexity index is 446. The highest BCUT2D eigenvalue weighted by Crippen LogP contribution is 2.12. The number of piperazine rings is 1. The van der Waals surface area contributed by atoms with Gasteiger partial charge < -0.3 is 15.5 Å². The summed E-state index contributed by atoms with van der Waals surface area (Å²) in [6.07, 6.45) is 2.89. The van der Waals surface area contributed by atoms with Gasteiger partial charge in [0.05, 0.1) is 0 Å². The third kappa shape index (κ3) is 2.73. The predicted molar refractivity (Wildman–Crippen MR) is 67.2 cm³/mol. The van der Waals surface area contributed by atoms with Crippen molar-refractivity contribution in [2.24, 2.45) is 0 Å². The van der Waals surface area contributed by atoms with Gasteiger partial charge in [0, 0.05) is 26.7 Å². The maximum atomic E-state index is 12.5. The average molecular weight is 266 g/mol. The van der Waals surface area contributed by atoms with Crippen molar-refractivity contribution in [2.45, 2.75) is 19.0 Å². The fourth-order valence-electron chi connectivity index (χ4n) is 2.14. The Morgan fingerprint density at radius 3 is 2.95 bits per heavy atom. The Labute approximate surface area is 111 Å². The quantitative estimate of drug-likeness (QED) is 0.686. The first-order chi connectivity index (χ1) is 9.15. The number of carbonyl (C=O) groups is 2. The zero-order chi connectivity index (χ0) is 13.8. The molecule has 0 aromatic carbocycles. The number of hydrogen-bond donors (Lipinski definition) is 2. The van der Waals surface area contributed by atoms with Crippen LogP contribution >= 0.6 is 0 Å². The number of nitrogens with zero attached hydrogens (tertiary/aromatic N) is 4. The lowest BCUT2D eigenvalue weighted by molar-refractivity contribution is -0.143. The minimum absolute atomic E-state index is 0.124. The SMILES string of the molecule is CNC(=O)C1CNCCN1C(=O)C(C)n1cncn1. The fraction of sp³-hybridized carbons (Fsp3) is 0.636. The standard InChI is InChI=1S/C11H18N6O2/c1-8(17-7-14-6-15-17)11(19)16-4-3-13-5-9(16)10(18)12-2/h6-9,13H,3-5H2,1-2H3,(H,12,18). The van der Waals surface area contributed by atoms with E-state index in [1.54, 1.807) is 18.9 Å². The summed E-state index contributed by atoms with van der Waals surface area (Å²) in [5, 5.41) is 9.67. The molecular formula is C11H18N6O2. The molecule has 0 saturated carbocycles. The van der Waals surface area contributed by atoms with Crippen LogP contribution in [-0.2, 0) is 9.59 Å². The fourth-order valence-corrected chi connectivity index (χ4v) is 2.14. The molecule has 2 atom stereocenters. The van der Waals surface area contributed by atoms with Gasteiger partial charge in [0.15, 0.2) is 0 Å². The summed E-state index contributed by atoms with van der Waals surface area (Å²) >= 11 is 0. The molecule has 1 aromatic heterocycles. The lowest BCUT2D eigenvalue weighted by atomic mass is 10.1. The number of aromatic nitrogens is 3. The molecule has 1 aliphatic heterocycles. The van der Waals surface area contributed by atoms with E-state index in [2.05, 4.69) is 20.7 Å². The monoisotopic (exact) mass is 266 g/mol. The second-order valence-electron chi connectivity index (χ2n) is 4.42. The van der Waals surface area contributed by atoms with E-state index in [4.69, 9.17) is 0 Å². The molecule has 2 rings (SSSR count). The van der Waals surface area contributed by atoms with Crippen LogP contribution in [0.1, 0.15) is 13.0 Å². The topological polar surface area (TPSA) is 92.2 Å². The Hall–Kier alpha value is -1.96. The van der Waals surface area contributed by atoms with Crippen molar-refractivity contribution >= 4 is 11.8 Å². The van der Waals surface area contributed by atoms with Crippen LogP contribution in [0, 0.1) is 0 Å². The molecule has 1 aromatic rings. The molecule has 0 aliphatic carbocycles. The molecule has 2 amide bonds. The summed E-state index contributed by atoms with van der Waals surface area (Å²) in [4.78, 5) is 29.7. The highest BCUT2D eigenvalue weighted by atomic mass is 16.2. The van der Waals surface area contributed by atoms with Crippen molar-refractivity contribution in [3.8, 4) is 0 Å². The highest BCUT2D eigenvalue weighted by Gasteiger charge is 2.34. The average Bonchev–Trinajstić information content (AvgIpc) is 2.99. The molecule has 1 saturated heterocycles. The van der Waals surface area contributed by atoms with Gasteiger partial charge >= 0.3 is 0 Å². The smallest absolute Gasteiger partial charge is 0.247 e. The van der Waals surface area contributed by atoms with Gasteiger partial charge in [-0.05, 0) is 6.92 Å². The van der Waals surface area contributed by atoms with E-state index >= 15 is 0 Å². The van der Waals surface area contributed by atoms with Crippen LogP contribution in [-0.4, -0.2) is 64.2 Å². The molecule has 2 unspecified atom stereocenters. The lowest BCUT2D eigenvalue weighted by Gasteiger charge is -2.36. The van der Waals surface area contributed by atoms with Gasteiger partial charge in [-0.3, -0.25) is 9.59 Å². The van der Waals surface area contributed by atoms with E-state index in [0.717, 1.165) is 0 Å². The van der Waals surface area contributed by atoms with E-state index < -0.39 is 12.1 Å². The molecule has 8 nitrogen and oxygen atoms in total. The first-order valence-electron chi connectivity index (χ1n) is 6.22. The summed E-state index contributed by atoms with van der Waals surface area (Å²) in [6, 6.07) is -0.940. The van der Waals surface area contributed by atoms with Crippen LogP contribution < -0.4 is 10.6 Å². The highest BCUT2D eigenvalue weighted by molar-refractivity contribution is 5.89. The summed E-state index contributed by atoms with van der Waals surface area (Å²) in [5.74, 6) is -0.285. The van der Waals surface area contributed by atoms with Crippen LogP contribution in [0.5, 0.6) is 0 Å². The van der Waals surface area contributed by atoms with Gasteiger partial charge in [-0.1, -0.05) is 0 Å². The first kappa shape index (κ1) is 13.5. The molecule has 104 valence electrons. The number of rotatable bonds is 3. The summed E-state index contributed by atoms with van der Waals surface area (Å²) in [5.41, 5.74) is 0. The van der Waals surface area contributed by atoms with Crippen molar-refractivity contribution in [1.82, 2.24) is 30.3 Å². The number of hydrogen-bond acceptors (Lipinski definition) is 5. The number of likely N-dealkylation sites (N-methyl/N-ethyl adjacent to an activating group) is 1. The molecule has 19 heavy (non-hydrogen) atoms. The minimum Gasteiger partial charge on any atom is -0.357 e. The van der Waals surface area contributed by atoms with Crippen molar-refractivity contribution in [3.63, 3.8) is 0 Å². The third-order valence-corrected chi connectivity index (χ3v) is 3.27.